The molecule has 0 spiro atoms. The van der Waals surface area contributed by atoms with Crippen LogP contribution in [0.4, 0.5) is 0 Å². The molecular weight excluding hydrogens is 132 g/mol. The minimum Gasteiger partial charge on any atom is -0.382 e. The molecule has 60 valence electrons. The van der Waals surface area contributed by atoms with E-state index in [1.807, 2.05) is 6.92 Å². The average Bonchev–Trinajstić information content (AvgIpc) is 2.67. The number of methoxy groups -OCH3 is 1. The Balaban J connectivity index is 1.89. The molecule has 2 atom stereocenters. The topological polar surface area (TPSA) is 31.0 Å². The van der Waals surface area contributed by atoms with E-state index >= 15 is 0 Å². The van der Waals surface area contributed by atoms with Crippen LogP contribution in [0, 0.1) is 0 Å². The molecule has 0 radical (unpaired) electrons. The number of hydrogen-bond donors (Lipinski definition) is 0. The highest BCUT2D eigenvalue weighted by molar-refractivity contribution is 4.67. The first-order chi connectivity index (χ1) is 4.83. The fourth-order valence-electron chi connectivity index (χ4n) is 0.719. The van der Waals surface area contributed by atoms with Crippen LogP contribution < -0.4 is 0 Å². The van der Waals surface area contributed by atoms with Crippen LogP contribution in [0.2, 0.25) is 0 Å². The summed E-state index contributed by atoms with van der Waals surface area (Å²) < 4.78 is 15.2. The lowest BCUT2D eigenvalue weighted by Gasteiger charge is -2.09. The van der Waals surface area contributed by atoms with Gasteiger partial charge < -0.3 is 14.2 Å². The van der Waals surface area contributed by atoms with Gasteiger partial charge in [0, 0.05) is 7.11 Å². The first-order valence-electron chi connectivity index (χ1n) is 3.55. The van der Waals surface area contributed by atoms with Gasteiger partial charge in [-0.2, -0.15) is 0 Å². The van der Waals surface area contributed by atoms with Crippen molar-refractivity contribution in [1.29, 1.82) is 0 Å². The fourth-order valence-corrected chi connectivity index (χ4v) is 0.719. The summed E-state index contributed by atoms with van der Waals surface area (Å²) in [4.78, 5) is 0. The second kappa shape index (κ2) is 3.91. The Kier molecular flexibility index (Phi) is 3.12. The quantitative estimate of drug-likeness (QED) is 0.527. The van der Waals surface area contributed by atoms with Crippen molar-refractivity contribution >= 4 is 0 Å². The van der Waals surface area contributed by atoms with Crippen LogP contribution in [0.15, 0.2) is 0 Å². The van der Waals surface area contributed by atoms with Gasteiger partial charge in [-0.1, -0.05) is 0 Å². The molecule has 3 heteroatoms. The van der Waals surface area contributed by atoms with Gasteiger partial charge in [0.1, 0.15) is 6.10 Å². The Morgan fingerprint density at radius 2 is 2.40 bits per heavy atom. The zero-order valence-electron chi connectivity index (χ0n) is 6.50. The van der Waals surface area contributed by atoms with Crippen LogP contribution in [0.5, 0.6) is 0 Å². The van der Waals surface area contributed by atoms with Crippen LogP contribution in [0.3, 0.4) is 0 Å². The van der Waals surface area contributed by atoms with E-state index in [1.54, 1.807) is 7.11 Å². The summed E-state index contributed by atoms with van der Waals surface area (Å²) in [6.07, 6.45) is 0.550. The highest BCUT2D eigenvalue weighted by Gasteiger charge is 2.23. The maximum absolute atomic E-state index is 5.36. The monoisotopic (exact) mass is 146 g/mol. The normalized spacial score (nSPS) is 26.4. The first kappa shape index (κ1) is 7.98. The van der Waals surface area contributed by atoms with Crippen molar-refractivity contribution in [3.63, 3.8) is 0 Å². The van der Waals surface area contributed by atoms with Crippen LogP contribution in [0.25, 0.3) is 0 Å². The number of ether oxygens (including phenoxy) is 3. The third kappa shape index (κ3) is 3.15. The Hall–Kier alpha value is -0.120. The highest BCUT2D eigenvalue weighted by atomic mass is 16.6. The molecule has 1 aliphatic rings. The number of hydrogen-bond acceptors (Lipinski definition) is 3. The van der Waals surface area contributed by atoms with Gasteiger partial charge in [0.15, 0.2) is 0 Å². The Morgan fingerprint density at radius 1 is 1.70 bits per heavy atom. The molecular formula is C7H14O3. The van der Waals surface area contributed by atoms with E-state index in [2.05, 4.69) is 0 Å². The Bertz CT molecular complexity index is 90.9. The number of epoxide rings is 1. The largest absolute Gasteiger partial charge is 0.382 e. The summed E-state index contributed by atoms with van der Waals surface area (Å²) in [5.74, 6) is 0. The summed E-state index contributed by atoms with van der Waals surface area (Å²) in [7, 11) is 1.67. The minimum atomic E-state index is 0.189. The van der Waals surface area contributed by atoms with Gasteiger partial charge in [-0.25, -0.2) is 0 Å². The van der Waals surface area contributed by atoms with E-state index < -0.39 is 0 Å². The molecule has 1 heterocycles. The van der Waals surface area contributed by atoms with E-state index in [1.165, 1.54) is 0 Å². The molecule has 1 rings (SSSR count). The van der Waals surface area contributed by atoms with Crippen LogP contribution in [-0.4, -0.2) is 39.1 Å². The summed E-state index contributed by atoms with van der Waals surface area (Å²) in [5, 5.41) is 0. The van der Waals surface area contributed by atoms with Gasteiger partial charge in [0.05, 0.1) is 25.9 Å². The Labute approximate surface area is 61.3 Å². The van der Waals surface area contributed by atoms with E-state index in [4.69, 9.17) is 14.2 Å². The summed E-state index contributed by atoms with van der Waals surface area (Å²) in [5.41, 5.74) is 0. The van der Waals surface area contributed by atoms with Crippen molar-refractivity contribution in [3.8, 4) is 0 Å². The molecule has 0 aliphatic carbocycles. The van der Waals surface area contributed by atoms with Crippen molar-refractivity contribution in [1.82, 2.24) is 0 Å². The molecule has 1 fully saturated rings. The molecule has 1 saturated heterocycles. The molecule has 0 N–H and O–H groups in total. The predicted molar refractivity (Wildman–Crippen MR) is 37.0 cm³/mol. The molecule has 0 aromatic heterocycles. The van der Waals surface area contributed by atoms with Crippen LogP contribution >= 0.6 is 0 Å². The first-order valence-corrected chi connectivity index (χ1v) is 3.55. The van der Waals surface area contributed by atoms with E-state index in [-0.39, 0.29) is 6.10 Å². The second-order valence-electron chi connectivity index (χ2n) is 2.55. The van der Waals surface area contributed by atoms with Crippen LogP contribution in [0.1, 0.15) is 6.92 Å². The molecule has 0 bridgehead atoms. The molecule has 1 aliphatic heterocycles. The van der Waals surface area contributed by atoms with Gasteiger partial charge in [0.2, 0.25) is 0 Å². The lowest BCUT2D eigenvalue weighted by molar-refractivity contribution is 0.00298. The van der Waals surface area contributed by atoms with Crippen molar-refractivity contribution in [2.45, 2.75) is 19.1 Å². The average molecular weight is 146 g/mol. The van der Waals surface area contributed by atoms with Gasteiger partial charge >= 0.3 is 0 Å². The summed E-state index contributed by atoms with van der Waals surface area (Å²) >= 11 is 0. The zero-order chi connectivity index (χ0) is 7.40. The molecule has 3 nitrogen and oxygen atoms in total. The molecule has 0 saturated carbocycles. The second-order valence-corrected chi connectivity index (χ2v) is 2.55. The van der Waals surface area contributed by atoms with E-state index in [0.29, 0.717) is 19.3 Å². The summed E-state index contributed by atoms with van der Waals surface area (Å²) in [6, 6.07) is 0. The number of rotatable bonds is 5. The standard InChI is InChI=1S/C7H14O3/c1-6(3-8-2)9-4-7-5-10-7/h6-7H,3-5H2,1-2H3/t6?,7-/m1/s1. The highest BCUT2D eigenvalue weighted by Crippen LogP contribution is 2.09. The maximum Gasteiger partial charge on any atom is 0.104 e. The SMILES string of the molecule is COCC(C)OC[C@@H]1CO1. The van der Waals surface area contributed by atoms with Crippen molar-refractivity contribution in [3.05, 3.63) is 0 Å². The Morgan fingerprint density at radius 3 is 2.90 bits per heavy atom. The lowest BCUT2D eigenvalue weighted by Crippen LogP contribution is -2.17. The third-order valence-corrected chi connectivity index (χ3v) is 1.37. The molecule has 0 amide bonds. The van der Waals surface area contributed by atoms with Gasteiger partial charge in [-0.15, -0.1) is 0 Å². The predicted octanol–water partition coefficient (Wildman–Crippen LogP) is 0.437. The zero-order valence-corrected chi connectivity index (χ0v) is 6.50. The van der Waals surface area contributed by atoms with Crippen molar-refractivity contribution in [2.24, 2.45) is 0 Å². The summed E-state index contributed by atoms with van der Waals surface area (Å²) in [6.45, 7) is 4.23. The third-order valence-electron chi connectivity index (χ3n) is 1.37. The maximum atomic E-state index is 5.36. The lowest BCUT2D eigenvalue weighted by atomic mass is 10.4. The van der Waals surface area contributed by atoms with Crippen LogP contribution in [-0.2, 0) is 14.2 Å². The fraction of sp³-hybridized carbons (Fsp3) is 1.00. The minimum absolute atomic E-state index is 0.189. The van der Waals surface area contributed by atoms with Gasteiger partial charge in [-0.3, -0.25) is 0 Å². The molecule has 0 aromatic carbocycles. The molecule has 1 unspecified atom stereocenters. The molecule has 0 aromatic rings. The molecule has 10 heavy (non-hydrogen) atoms. The van der Waals surface area contributed by atoms with E-state index in [0.717, 1.165) is 6.61 Å². The smallest absolute Gasteiger partial charge is 0.104 e. The van der Waals surface area contributed by atoms with Crippen molar-refractivity contribution in [2.75, 3.05) is 26.9 Å². The van der Waals surface area contributed by atoms with Gasteiger partial charge in [-0.05, 0) is 6.92 Å². The van der Waals surface area contributed by atoms with Gasteiger partial charge in [0.25, 0.3) is 0 Å². The van der Waals surface area contributed by atoms with E-state index in [9.17, 15) is 0 Å². The van der Waals surface area contributed by atoms with Crippen molar-refractivity contribution < 1.29 is 14.2 Å².